The highest BCUT2D eigenvalue weighted by atomic mass is 14.8. The predicted octanol–water partition coefficient (Wildman–Crippen LogP) is 9.72. The van der Waals surface area contributed by atoms with Gasteiger partial charge in [-0.05, 0) is 97.5 Å². The van der Waals surface area contributed by atoms with Crippen LogP contribution in [-0.2, 0) is 25.7 Å². The number of hydrogen-bond acceptors (Lipinski definition) is 2. The molecule has 0 spiro atoms. The molecule has 0 fully saturated rings. The van der Waals surface area contributed by atoms with E-state index in [4.69, 9.17) is 9.98 Å². The molecule has 0 heterocycles. The van der Waals surface area contributed by atoms with Gasteiger partial charge < -0.3 is 0 Å². The fourth-order valence-electron chi connectivity index (χ4n) is 4.03. The van der Waals surface area contributed by atoms with E-state index in [0.29, 0.717) is 0 Å². The SMILES string of the molecule is CCCCC=CC(=Nc1cc(CC)cc(CC)c1)C(CCCC)=Nc1cc(CC)cc(CC)c1. The number of unbranched alkanes of at least 4 members (excludes halogenated alkanes) is 3. The average molecular weight is 459 g/mol. The summed E-state index contributed by atoms with van der Waals surface area (Å²) in [5.74, 6) is 0. The molecule has 2 aromatic carbocycles. The van der Waals surface area contributed by atoms with E-state index in [1.165, 1.54) is 35.1 Å². The molecule has 2 rings (SSSR count). The first-order chi connectivity index (χ1) is 16.6. The molecular formula is C32H46N2. The van der Waals surface area contributed by atoms with E-state index in [1.54, 1.807) is 0 Å². The first-order valence-electron chi connectivity index (χ1n) is 13.6. The van der Waals surface area contributed by atoms with Crippen LogP contribution < -0.4 is 0 Å². The van der Waals surface area contributed by atoms with Crippen molar-refractivity contribution in [2.45, 2.75) is 106 Å². The molecule has 0 atom stereocenters. The highest BCUT2D eigenvalue weighted by molar-refractivity contribution is 6.47. The van der Waals surface area contributed by atoms with Gasteiger partial charge in [-0.3, -0.25) is 4.99 Å². The summed E-state index contributed by atoms with van der Waals surface area (Å²) in [5.41, 5.74) is 9.64. The van der Waals surface area contributed by atoms with Crippen LogP contribution in [0.1, 0.15) is 102 Å². The lowest BCUT2D eigenvalue weighted by molar-refractivity contribution is 0.815. The molecule has 0 aliphatic heterocycles. The van der Waals surface area contributed by atoms with Crippen LogP contribution in [0.5, 0.6) is 0 Å². The predicted molar refractivity (Wildman–Crippen MR) is 153 cm³/mol. The number of rotatable bonds is 14. The Morgan fingerprint density at radius 3 is 1.53 bits per heavy atom. The summed E-state index contributed by atoms with van der Waals surface area (Å²) < 4.78 is 0. The van der Waals surface area contributed by atoms with Crippen molar-refractivity contribution in [3.05, 3.63) is 70.8 Å². The average Bonchev–Trinajstić information content (AvgIpc) is 2.87. The van der Waals surface area contributed by atoms with Crippen LogP contribution >= 0.6 is 0 Å². The summed E-state index contributed by atoms with van der Waals surface area (Å²) in [7, 11) is 0. The zero-order valence-electron chi connectivity index (χ0n) is 22.6. The van der Waals surface area contributed by atoms with Gasteiger partial charge in [0.2, 0.25) is 0 Å². The van der Waals surface area contributed by atoms with Gasteiger partial charge >= 0.3 is 0 Å². The van der Waals surface area contributed by atoms with Gasteiger partial charge in [-0.2, -0.15) is 0 Å². The third kappa shape index (κ3) is 9.05. The number of allylic oxidation sites excluding steroid dienone is 2. The van der Waals surface area contributed by atoms with Gasteiger partial charge in [-0.25, -0.2) is 4.99 Å². The lowest BCUT2D eigenvalue weighted by atomic mass is 10.0. The van der Waals surface area contributed by atoms with Crippen molar-refractivity contribution in [2.75, 3.05) is 0 Å². The summed E-state index contributed by atoms with van der Waals surface area (Å²) in [5, 5.41) is 0. The Hall–Kier alpha value is -2.48. The molecule has 0 aromatic heterocycles. The van der Waals surface area contributed by atoms with Crippen LogP contribution in [0.4, 0.5) is 11.4 Å². The van der Waals surface area contributed by atoms with Gasteiger partial charge in [0, 0.05) is 0 Å². The van der Waals surface area contributed by atoms with Crippen molar-refractivity contribution in [3.8, 4) is 0 Å². The van der Waals surface area contributed by atoms with E-state index in [9.17, 15) is 0 Å². The van der Waals surface area contributed by atoms with Crippen LogP contribution in [0.3, 0.4) is 0 Å². The Balaban J connectivity index is 2.62. The minimum atomic E-state index is 0.944. The topological polar surface area (TPSA) is 24.7 Å². The molecule has 34 heavy (non-hydrogen) atoms. The van der Waals surface area contributed by atoms with Gasteiger partial charge in [0.15, 0.2) is 0 Å². The van der Waals surface area contributed by atoms with Gasteiger partial charge in [0.1, 0.15) is 0 Å². The molecule has 0 bridgehead atoms. The lowest BCUT2D eigenvalue weighted by Crippen LogP contribution is -2.12. The Morgan fingerprint density at radius 1 is 0.618 bits per heavy atom. The normalized spacial score (nSPS) is 12.6. The summed E-state index contributed by atoms with van der Waals surface area (Å²) in [6.45, 7) is 13.4. The molecule has 2 heteroatoms. The van der Waals surface area contributed by atoms with E-state index in [1.807, 2.05) is 0 Å². The van der Waals surface area contributed by atoms with E-state index in [0.717, 1.165) is 74.2 Å². The molecule has 0 N–H and O–H groups in total. The molecular weight excluding hydrogens is 412 g/mol. The maximum Gasteiger partial charge on any atom is 0.0848 e. The smallest absolute Gasteiger partial charge is 0.0848 e. The highest BCUT2D eigenvalue weighted by Crippen LogP contribution is 2.23. The van der Waals surface area contributed by atoms with Crippen LogP contribution in [0, 0.1) is 0 Å². The number of aryl methyl sites for hydroxylation is 4. The first kappa shape index (κ1) is 27.8. The molecule has 2 aromatic rings. The maximum absolute atomic E-state index is 5.23. The highest BCUT2D eigenvalue weighted by Gasteiger charge is 2.10. The zero-order valence-corrected chi connectivity index (χ0v) is 22.6. The molecule has 2 nitrogen and oxygen atoms in total. The minimum Gasteiger partial charge on any atom is -0.251 e. The Kier molecular flexibility index (Phi) is 12.6. The first-order valence-corrected chi connectivity index (χ1v) is 13.6. The van der Waals surface area contributed by atoms with Gasteiger partial charge in [0.05, 0.1) is 22.8 Å². The van der Waals surface area contributed by atoms with E-state index < -0.39 is 0 Å². The maximum atomic E-state index is 5.23. The summed E-state index contributed by atoms with van der Waals surface area (Å²) in [6, 6.07) is 13.6. The van der Waals surface area contributed by atoms with Crippen molar-refractivity contribution >= 4 is 22.8 Å². The standard InChI is InChI=1S/C32H46N2/c1-7-13-15-16-18-32(34-30-23-27(11-5)20-28(12-6)24-30)31(17-14-8-2)33-29-21-25(9-3)19-26(10-4)22-29/h16,18-24H,7-15,17H2,1-6H3. The lowest BCUT2D eigenvalue weighted by Gasteiger charge is -2.11. The van der Waals surface area contributed by atoms with E-state index >= 15 is 0 Å². The van der Waals surface area contributed by atoms with Crippen molar-refractivity contribution in [1.29, 1.82) is 0 Å². The molecule has 0 unspecified atom stereocenters. The van der Waals surface area contributed by atoms with Crippen molar-refractivity contribution in [3.63, 3.8) is 0 Å². The summed E-state index contributed by atoms with van der Waals surface area (Å²) >= 11 is 0. The number of hydrogen-bond donors (Lipinski definition) is 0. The summed E-state index contributed by atoms with van der Waals surface area (Å²) in [6.07, 6.45) is 15.3. The second kappa shape index (κ2) is 15.4. The van der Waals surface area contributed by atoms with Crippen LogP contribution in [0.15, 0.2) is 58.5 Å². The fourth-order valence-corrected chi connectivity index (χ4v) is 4.03. The molecule has 0 aliphatic rings. The van der Waals surface area contributed by atoms with E-state index in [2.05, 4.69) is 90.1 Å². The van der Waals surface area contributed by atoms with E-state index in [-0.39, 0.29) is 0 Å². The zero-order chi connectivity index (χ0) is 24.8. The van der Waals surface area contributed by atoms with Crippen molar-refractivity contribution in [1.82, 2.24) is 0 Å². The van der Waals surface area contributed by atoms with Gasteiger partial charge in [-0.15, -0.1) is 0 Å². The minimum absolute atomic E-state index is 0.944. The van der Waals surface area contributed by atoms with Gasteiger partial charge in [-0.1, -0.05) is 79.0 Å². The number of aliphatic imine (C=N–C) groups is 2. The third-order valence-corrected chi connectivity index (χ3v) is 6.28. The summed E-state index contributed by atoms with van der Waals surface area (Å²) in [4.78, 5) is 10.4. The van der Waals surface area contributed by atoms with Gasteiger partial charge in [0.25, 0.3) is 0 Å². The molecule has 0 amide bonds. The van der Waals surface area contributed by atoms with Crippen molar-refractivity contribution in [2.24, 2.45) is 9.98 Å². The number of benzene rings is 2. The third-order valence-electron chi connectivity index (χ3n) is 6.28. The van der Waals surface area contributed by atoms with Crippen LogP contribution in [0.2, 0.25) is 0 Å². The Morgan fingerprint density at radius 2 is 1.09 bits per heavy atom. The number of nitrogens with zero attached hydrogens (tertiary/aromatic N) is 2. The largest absolute Gasteiger partial charge is 0.251 e. The molecule has 0 saturated carbocycles. The molecule has 0 saturated heterocycles. The van der Waals surface area contributed by atoms with Crippen molar-refractivity contribution < 1.29 is 0 Å². The van der Waals surface area contributed by atoms with Crippen LogP contribution in [-0.4, -0.2) is 11.4 Å². The molecule has 184 valence electrons. The second-order valence-electron chi connectivity index (χ2n) is 9.13. The Labute approximate surface area is 209 Å². The molecule has 0 radical (unpaired) electrons. The quantitative estimate of drug-likeness (QED) is 0.199. The molecule has 0 aliphatic carbocycles. The van der Waals surface area contributed by atoms with Crippen LogP contribution in [0.25, 0.3) is 0 Å². The second-order valence-corrected chi connectivity index (χ2v) is 9.13. The monoisotopic (exact) mass is 458 g/mol. The fraction of sp³-hybridized carbons (Fsp3) is 0.500. The Bertz CT molecular complexity index is 934.